The molecule has 0 fully saturated rings. The third kappa shape index (κ3) is 8.54. The van der Waals surface area contributed by atoms with Crippen molar-refractivity contribution in [1.29, 1.82) is 0 Å². The van der Waals surface area contributed by atoms with E-state index in [4.69, 9.17) is 27.9 Å². The van der Waals surface area contributed by atoms with Gasteiger partial charge in [0.05, 0.1) is 30.1 Å². The molecule has 0 bridgehead atoms. The molecule has 3 heterocycles. The average molecular weight is 645 g/mol. The first-order valence-electron chi connectivity index (χ1n) is 13.3. The van der Waals surface area contributed by atoms with Gasteiger partial charge < -0.3 is 10.1 Å². The summed E-state index contributed by atoms with van der Waals surface area (Å²) in [5.74, 6) is -0.963. The molecule has 0 aliphatic rings. The second-order valence-corrected chi connectivity index (χ2v) is 11.7. The average Bonchev–Trinajstić information content (AvgIpc) is 3.61. The van der Waals surface area contributed by atoms with E-state index in [9.17, 15) is 14.4 Å². The van der Waals surface area contributed by atoms with Gasteiger partial charge in [-0.15, -0.1) is 5.10 Å². The molecule has 3 aromatic rings. The Morgan fingerprint density at radius 3 is 2.48 bits per heavy atom. The quantitative estimate of drug-likeness (QED) is 0.207. The van der Waals surface area contributed by atoms with Crippen LogP contribution in [0.25, 0.3) is 5.82 Å². The number of hydrogen-bond donors (Lipinski definition) is 1. The molecule has 3 aromatic heterocycles. The number of rotatable bonds is 9. The minimum atomic E-state index is -0.765. The SMILES string of the molecule is C=C(C)/C=C(Cl)\C=C(/CNC(=O)c1cc(Cn2cc(C(C)(C)C)nn2)nn1-c1ncccc1Cl)C(=O)N(C)N(C)C(=O)OC. The van der Waals surface area contributed by atoms with Crippen LogP contribution in [-0.4, -0.2) is 85.4 Å². The van der Waals surface area contributed by atoms with Crippen LogP contribution in [0.3, 0.4) is 0 Å². The summed E-state index contributed by atoms with van der Waals surface area (Å²) in [6.07, 6.45) is 5.52. The Bertz CT molecular complexity index is 1620. The molecule has 1 N–H and O–H groups in total. The second kappa shape index (κ2) is 14.3. The molecule has 0 radical (unpaired) electrons. The molecule has 0 unspecified atom stereocenters. The van der Waals surface area contributed by atoms with E-state index in [1.165, 1.54) is 38.2 Å². The number of carbonyl (C=O) groups is 3. The first-order valence-corrected chi connectivity index (χ1v) is 14.1. The van der Waals surface area contributed by atoms with E-state index in [2.05, 4.69) is 32.3 Å². The number of hydrogen-bond acceptors (Lipinski definition) is 8. The summed E-state index contributed by atoms with van der Waals surface area (Å²) in [5.41, 5.74) is 1.91. The van der Waals surface area contributed by atoms with E-state index in [-0.39, 0.29) is 45.6 Å². The number of nitrogens with zero attached hydrogens (tertiary/aromatic N) is 8. The molecular formula is C29H35Cl2N9O4. The Hall–Kier alpha value is -4.49. The van der Waals surface area contributed by atoms with Crippen molar-refractivity contribution in [2.24, 2.45) is 0 Å². The predicted octanol–water partition coefficient (Wildman–Crippen LogP) is 4.28. The molecule has 15 heteroatoms. The van der Waals surface area contributed by atoms with E-state index >= 15 is 0 Å². The van der Waals surface area contributed by atoms with Gasteiger partial charge in [-0.05, 0) is 37.3 Å². The van der Waals surface area contributed by atoms with E-state index in [1.807, 2.05) is 27.0 Å². The van der Waals surface area contributed by atoms with Crippen molar-refractivity contribution in [2.45, 2.75) is 39.7 Å². The van der Waals surface area contributed by atoms with Gasteiger partial charge in [-0.1, -0.05) is 61.3 Å². The molecule has 0 aromatic carbocycles. The highest BCUT2D eigenvalue weighted by atomic mass is 35.5. The van der Waals surface area contributed by atoms with E-state index in [0.717, 1.165) is 15.7 Å². The van der Waals surface area contributed by atoms with Crippen molar-refractivity contribution in [3.63, 3.8) is 0 Å². The molecule has 0 aliphatic carbocycles. The van der Waals surface area contributed by atoms with Gasteiger partial charge >= 0.3 is 6.09 Å². The van der Waals surface area contributed by atoms with Crippen molar-refractivity contribution in [1.82, 2.24) is 45.1 Å². The summed E-state index contributed by atoms with van der Waals surface area (Å²) < 4.78 is 7.65. The first kappa shape index (κ1) is 34.0. The predicted molar refractivity (Wildman–Crippen MR) is 166 cm³/mol. The molecule has 3 amide bonds. The van der Waals surface area contributed by atoms with Crippen LogP contribution in [0, 0.1) is 0 Å². The number of allylic oxidation sites excluding steroid dienone is 4. The normalized spacial score (nSPS) is 12.1. The summed E-state index contributed by atoms with van der Waals surface area (Å²) in [4.78, 5) is 43.3. The van der Waals surface area contributed by atoms with Gasteiger partial charge in [0, 0.05) is 49.1 Å². The number of methoxy groups -OCH3 is 1. The summed E-state index contributed by atoms with van der Waals surface area (Å²) in [5, 5.41) is 18.2. The van der Waals surface area contributed by atoms with Crippen LogP contribution in [0.2, 0.25) is 5.02 Å². The van der Waals surface area contributed by atoms with Crippen LogP contribution in [-0.2, 0) is 21.5 Å². The summed E-state index contributed by atoms with van der Waals surface area (Å²) in [7, 11) is 3.94. The zero-order chi connectivity index (χ0) is 32.8. The Morgan fingerprint density at radius 1 is 1.18 bits per heavy atom. The molecule has 0 spiro atoms. The lowest BCUT2D eigenvalue weighted by molar-refractivity contribution is -0.137. The highest BCUT2D eigenvalue weighted by molar-refractivity contribution is 6.32. The molecule has 0 aliphatic heterocycles. The lowest BCUT2D eigenvalue weighted by Crippen LogP contribution is -2.46. The molecule has 44 heavy (non-hydrogen) atoms. The van der Waals surface area contributed by atoms with Crippen LogP contribution < -0.4 is 5.32 Å². The Kier molecular flexibility index (Phi) is 11.1. The molecule has 0 saturated carbocycles. The summed E-state index contributed by atoms with van der Waals surface area (Å²) in [6, 6.07) is 4.87. The Morgan fingerprint density at radius 2 is 1.89 bits per heavy atom. The number of hydrazine groups is 1. The maximum Gasteiger partial charge on any atom is 0.428 e. The molecule has 0 atom stereocenters. The number of pyridine rings is 1. The van der Waals surface area contributed by atoms with Crippen LogP contribution in [0.1, 0.15) is 49.6 Å². The summed E-state index contributed by atoms with van der Waals surface area (Å²) >= 11 is 12.8. The standard InChI is InChI=1S/C29H35Cl2N9O4/c1-18(2)12-20(30)13-19(27(42)37(6)38(7)28(43)44-8)15-33-26(41)23-14-21(16-39-17-24(34-36-39)29(3,4)5)35-40(23)25-22(31)10-9-11-32-25/h9-14,17H,1,15-16H2,2-8H3,(H,33,41)/b19-13+,20-12+. The maximum atomic E-state index is 13.6. The van der Waals surface area contributed by atoms with Crippen molar-refractivity contribution in [3.05, 3.63) is 87.6 Å². The van der Waals surface area contributed by atoms with Crippen molar-refractivity contribution >= 4 is 41.1 Å². The topological polar surface area (TPSA) is 140 Å². The number of aromatic nitrogens is 6. The van der Waals surface area contributed by atoms with Crippen LogP contribution in [0.15, 0.2) is 65.5 Å². The zero-order valence-corrected chi connectivity index (χ0v) is 27.1. The van der Waals surface area contributed by atoms with Crippen LogP contribution in [0.4, 0.5) is 4.79 Å². The van der Waals surface area contributed by atoms with Crippen LogP contribution in [0.5, 0.6) is 0 Å². The van der Waals surface area contributed by atoms with Crippen LogP contribution >= 0.6 is 23.2 Å². The number of likely N-dealkylation sites (N-methyl/N-ethyl adjacent to an activating group) is 1. The number of ether oxygens (including phenoxy) is 1. The van der Waals surface area contributed by atoms with Crippen molar-refractivity contribution < 1.29 is 19.1 Å². The minimum Gasteiger partial charge on any atom is -0.452 e. The van der Waals surface area contributed by atoms with Gasteiger partial charge in [0.15, 0.2) is 5.82 Å². The van der Waals surface area contributed by atoms with Gasteiger partial charge in [0.25, 0.3) is 11.8 Å². The largest absolute Gasteiger partial charge is 0.452 e. The molecular weight excluding hydrogens is 609 g/mol. The van der Waals surface area contributed by atoms with E-state index < -0.39 is 17.9 Å². The second-order valence-electron chi connectivity index (χ2n) is 10.8. The zero-order valence-electron chi connectivity index (χ0n) is 25.6. The van der Waals surface area contributed by atoms with Crippen molar-refractivity contribution in [2.75, 3.05) is 27.7 Å². The maximum absolute atomic E-state index is 13.6. The monoisotopic (exact) mass is 643 g/mol. The number of nitrogens with one attached hydrogen (secondary N) is 1. The third-order valence-electron chi connectivity index (χ3n) is 6.16. The van der Waals surface area contributed by atoms with Gasteiger partial charge in [-0.3, -0.25) is 9.59 Å². The fourth-order valence-electron chi connectivity index (χ4n) is 3.75. The lowest BCUT2D eigenvalue weighted by Gasteiger charge is -2.27. The number of amides is 3. The smallest absolute Gasteiger partial charge is 0.428 e. The Balaban J connectivity index is 1.96. The lowest BCUT2D eigenvalue weighted by atomic mass is 9.93. The fraction of sp³-hybridized carbons (Fsp3) is 0.345. The van der Waals surface area contributed by atoms with Gasteiger partial charge in [-0.2, -0.15) is 5.10 Å². The van der Waals surface area contributed by atoms with Crippen molar-refractivity contribution in [3.8, 4) is 5.82 Å². The Labute approximate surface area is 265 Å². The van der Waals surface area contributed by atoms with Gasteiger partial charge in [0.2, 0.25) is 0 Å². The molecule has 234 valence electrons. The van der Waals surface area contributed by atoms with Gasteiger partial charge in [-0.25, -0.2) is 29.2 Å². The fourth-order valence-corrected chi connectivity index (χ4v) is 4.27. The third-order valence-corrected chi connectivity index (χ3v) is 6.67. The summed E-state index contributed by atoms with van der Waals surface area (Å²) in [6.45, 7) is 11.6. The number of halogens is 2. The molecule has 0 saturated heterocycles. The highest BCUT2D eigenvalue weighted by Crippen LogP contribution is 2.22. The minimum absolute atomic E-state index is 0.0681. The van der Waals surface area contributed by atoms with E-state index in [1.54, 1.807) is 35.9 Å². The van der Waals surface area contributed by atoms with E-state index in [0.29, 0.717) is 11.3 Å². The molecule has 3 rings (SSSR count). The molecule has 13 nitrogen and oxygen atoms in total. The number of carbonyl (C=O) groups excluding carboxylic acids is 3. The first-order chi connectivity index (χ1) is 20.6. The van der Waals surface area contributed by atoms with Gasteiger partial charge in [0.1, 0.15) is 5.69 Å². The highest BCUT2D eigenvalue weighted by Gasteiger charge is 2.25.